The maximum absolute atomic E-state index is 14.2. The third-order valence-corrected chi connectivity index (χ3v) is 3.40. The van der Waals surface area contributed by atoms with Gasteiger partial charge in [0.15, 0.2) is 0 Å². The van der Waals surface area contributed by atoms with E-state index in [4.69, 9.17) is 10.5 Å². The molecular formula is C14H21FN2O. The highest BCUT2D eigenvalue weighted by atomic mass is 19.1. The van der Waals surface area contributed by atoms with Gasteiger partial charge in [0, 0.05) is 18.6 Å². The Morgan fingerprint density at radius 3 is 2.83 bits per heavy atom. The van der Waals surface area contributed by atoms with E-state index in [2.05, 4.69) is 4.90 Å². The number of ether oxygens (including phenoxy) is 1. The highest BCUT2D eigenvalue weighted by Crippen LogP contribution is 2.31. The summed E-state index contributed by atoms with van der Waals surface area (Å²) in [7, 11) is 0. The van der Waals surface area contributed by atoms with Gasteiger partial charge in [-0.15, -0.1) is 0 Å². The van der Waals surface area contributed by atoms with Crippen LogP contribution >= 0.6 is 0 Å². The van der Waals surface area contributed by atoms with Gasteiger partial charge in [-0.2, -0.15) is 0 Å². The van der Waals surface area contributed by atoms with Crippen molar-refractivity contribution in [1.29, 1.82) is 0 Å². The van der Waals surface area contributed by atoms with Crippen LogP contribution in [0.25, 0.3) is 0 Å². The highest BCUT2D eigenvalue weighted by Gasteiger charge is 2.28. The van der Waals surface area contributed by atoms with Gasteiger partial charge in [-0.3, -0.25) is 0 Å². The van der Waals surface area contributed by atoms with Crippen molar-refractivity contribution in [2.75, 3.05) is 18.1 Å². The second-order valence-corrected chi connectivity index (χ2v) is 5.11. The van der Waals surface area contributed by atoms with E-state index in [0.717, 1.165) is 5.56 Å². The number of para-hydroxylation sites is 1. The van der Waals surface area contributed by atoms with Gasteiger partial charge >= 0.3 is 0 Å². The van der Waals surface area contributed by atoms with Gasteiger partial charge in [-0.05, 0) is 32.4 Å². The van der Waals surface area contributed by atoms with Gasteiger partial charge in [-0.1, -0.05) is 12.1 Å². The Morgan fingerprint density at radius 2 is 2.17 bits per heavy atom. The fraction of sp³-hybridized carbons (Fsp3) is 0.571. The molecule has 0 saturated carbocycles. The van der Waals surface area contributed by atoms with Crippen molar-refractivity contribution in [3.05, 3.63) is 29.6 Å². The molecule has 2 rings (SSSR count). The van der Waals surface area contributed by atoms with Crippen molar-refractivity contribution < 1.29 is 9.13 Å². The van der Waals surface area contributed by atoms with E-state index in [9.17, 15) is 4.39 Å². The van der Waals surface area contributed by atoms with E-state index in [1.165, 1.54) is 6.07 Å². The summed E-state index contributed by atoms with van der Waals surface area (Å²) in [6.07, 6.45) is 0.113. The molecular weight excluding hydrogens is 231 g/mol. The molecule has 4 heteroatoms. The topological polar surface area (TPSA) is 38.5 Å². The van der Waals surface area contributed by atoms with Gasteiger partial charge in [0.2, 0.25) is 0 Å². The molecule has 0 amide bonds. The van der Waals surface area contributed by atoms with Gasteiger partial charge in [-0.25, -0.2) is 4.39 Å². The van der Waals surface area contributed by atoms with Crippen molar-refractivity contribution in [3.8, 4) is 0 Å². The maximum Gasteiger partial charge on any atom is 0.146 e. The van der Waals surface area contributed by atoms with Gasteiger partial charge < -0.3 is 15.4 Å². The summed E-state index contributed by atoms with van der Waals surface area (Å²) in [6, 6.07) is 5.09. The predicted octanol–water partition coefficient (Wildman–Crippen LogP) is 2.46. The summed E-state index contributed by atoms with van der Waals surface area (Å²) in [5.41, 5.74) is 7.44. The van der Waals surface area contributed by atoms with Crippen molar-refractivity contribution in [2.24, 2.45) is 5.73 Å². The zero-order valence-electron chi connectivity index (χ0n) is 11.2. The molecule has 1 aromatic carbocycles. The molecule has 3 nitrogen and oxygen atoms in total. The lowest BCUT2D eigenvalue weighted by atomic mass is 10.0. The van der Waals surface area contributed by atoms with Crippen LogP contribution < -0.4 is 10.6 Å². The monoisotopic (exact) mass is 252 g/mol. The van der Waals surface area contributed by atoms with Crippen LogP contribution in [0.1, 0.15) is 32.4 Å². The Kier molecular flexibility index (Phi) is 3.88. The number of halogens is 1. The minimum Gasteiger partial charge on any atom is -0.375 e. The summed E-state index contributed by atoms with van der Waals surface area (Å²) in [5, 5.41) is 0. The number of nitrogens with zero attached hydrogens (tertiary/aromatic N) is 1. The van der Waals surface area contributed by atoms with Crippen LogP contribution in [0.4, 0.5) is 10.1 Å². The first-order valence-electron chi connectivity index (χ1n) is 6.43. The summed E-state index contributed by atoms with van der Waals surface area (Å²) in [4.78, 5) is 2.07. The van der Waals surface area contributed by atoms with Crippen molar-refractivity contribution >= 4 is 5.69 Å². The fourth-order valence-corrected chi connectivity index (χ4v) is 2.42. The molecule has 1 aromatic rings. The lowest BCUT2D eigenvalue weighted by molar-refractivity contribution is 0.0340. The average Bonchev–Trinajstić information content (AvgIpc) is 2.32. The van der Waals surface area contributed by atoms with E-state index in [1.54, 1.807) is 6.07 Å². The standard InChI is InChI=1S/C14H21FN2O/c1-9-8-18-10(2)7-17(9)14-12(11(3)16)5-4-6-13(14)15/h4-6,9-11H,7-8,16H2,1-3H3. The smallest absolute Gasteiger partial charge is 0.146 e. The molecule has 1 aliphatic heterocycles. The lowest BCUT2D eigenvalue weighted by Gasteiger charge is -2.40. The van der Waals surface area contributed by atoms with E-state index in [1.807, 2.05) is 26.8 Å². The summed E-state index contributed by atoms with van der Waals surface area (Å²) in [6.45, 7) is 7.25. The first-order valence-corrected chi connectivity index (χ1v) is 6.43. The van der Waals surface area contributed by atoms with Gasteiger partial charge in [0.25, 0.3) is 0 Å². The Balaban J connectivity index is 2.42. The first kappa shape index (κ1) is 13.3. The largest absolute Gasteiger partial charge is 0.375 e. The minimum absolute atomic E-state index is 0.113. The third-order valence-electron chi connectivity index (χ3n) is 3.40. The van der Waals surface area contributed by atoms with Gasteiger partial charge in [0.1, 0.15) is 5.82 Å². The van der Waals surface area contributed by atoms with Crippen LogP contribution in [0, 0.1) is 5.82 Å². The maximum atomic E-state index is 14.2. The van der Waals surface area contributed by atoms with E-state index in [-0.39, 0.29) is 24.0 Å². The Morgan fingerprint density at radius 1 is 1.44 bits per heavy atom. The fourth-order valence-electron chi connectivity index (χ4n) is 2.42. The molecule has 0 spiro atoms. The summed E-state index contributed by atoms with van der Waals surface area (Å²) in [5.74, 6) is -0.203. The number of morpholine rings is 1. The van der Waals surface area contributed by atoms with Gasteiger partial charge in [0.05, 0.1) is 18.4 Å². The molecule has 18 heavy (non-hydrogen) atoms. The molecule has 2 N–H and O–H groups in total. The Hall–Kier alpha value is -1.13. The number of anilines is 1. The Labute approximate surface area is 108 Å². The highest BCUT2D eigenvalue weighted by molar-refractivity contribution is 5.57. The number of hydrogen-bond acceptors (Lipinski definition) is 3. The number of rotatable bonds is 2. The zero-order valence-corrected chi connectivity index (χ0v) is 11.2. The molecule has 1 saturated heterocycles. The quantitative estimate of drug-likeness (QED) is 0.878. The number of hydrogen-bond donors (Lipinski definition) is 1. The van der Waals surface area contributed by atoms with E-state index < -0.39 is 0 Å². The number of nitrogens with two attached hydrogens (primary N) is 1. The molecule has 100 valence electrons. The molecule has 1 heterocycles. The van der Waals surface area contributed by atoms with E-state index in [0.29, 0.717) is 18.8 Å². The van der Waals surface area contributed by atoms with Crippen molar-refractivity contribution in [1.82, 2.24) is 0 Å². The van der Waals surface area contributed by atoms with E-state index >= 15 is 0 Å². The molecule has 1 fully saturated rings. The van der Waals surface area contributed by atoms with Crippen molar-refractivity contribution in [3.63, 3.8) is 0 Å². The van der Waals surface area contributed by atoms with Crippen LogP contribution in [-0.2, 0) is 4.74 Å². The normalized spacial score (nSPS) is 26.2. The molecule has 3 unspecified atom stereocenters. The van der Waals surface area contributed by atoms with Crippen molar-refractivity contribution in [2.45, 2.75) is 39.0 Å². The second-order valence-electron chi connectivity index (χ2n) is 5.11. The van der Waals surface area contributed by atoms with Crippen LogP contribution in [0.2, 0.25) is 0 Å². The molecule has 0 aromatic heterocycles. The predicted molar refractivity (Wildman–Crippen MR) is 71.2 cm³/mol. The average molecular weight is 252 g/mol. The first-order chi connectivity index (χ1) is 8.50. The zero-order chi connectivity index (χ0) is 13.3. The third kappa shape index (κ3) is 2.49. The summed E-state index contributed by atoms with van der Waals surface area (Å²) < 4.78 is 19.7. The van der Waals surface area contributed by atoms with Crippen LogP contribution in [0.5, 0.6) is 0 Å². The van der Waals surface area contributed by atoms with Crippen LogP contribution in [0.3, 0.4) is 0 Å². The molecule has 0 aliphatic carbocycles. The molecule has 3 atom stereocenters. The Bertz CT molecular complexity index is 422. The van der Waals surface area contributed by atoms with Crippen LogP contribution in [0.15, 0.2) is 18.2 Å². The molecule has 0 bridgehead atoms. The van der Waals surface area contributed by atoms with Crippen LogP contribution in [-0.4, -0.2) is 25.3 Å². The lowest BCUT2D eigenvalue weighted by Crippen LogP contribution is -2.48. The summed E-state index contributed by atoms with van der Waals surface area (Å²) >= 11 is 0. The minimum atomic E-state index is -0.203. The molecule has 1 aliphatic rings. The second kappa shape index (κ2) is 5.24. The molecule has 0 radical (unpaired) electrons. The number of benzene rings is 1. The SMILES string of the molecule is CC1CN(c2c(F)cccc2C(C)N)C(C)CO1.